The zero-order chi connectivity index (χ0) is 27.4. The number of nitrogens with one attached hydrogen (secondary N) is 1. The number of rotatable bonds is 5. The van der Waals surface area contributed by atoms with Crippen LogP contribution in [0.3, 0.4) is 0 Å². The molecule has 208 valence electrons. The Kier molecular flexibility index (Phi) is 6.72. The molecule has 5 heterocycles. The van der Waals surface area contributed by atoms with Gasteiger partial charge in [0.25, 0.3) is 5.91 Å². The third-order valence-electron chi connectivity index (χ3n) is 8.31. The highest BCUT2D eigenvalue weighted by atomic mass is 16.8. The second kappa shape index (κ2) is 10.1. The molecule has 4 N–H and O–H groups in total. The molecule has 9 unspecified atom stereocenters. The summed E-state index contributed by atoms with van der Waals surface area (Å²) in [5.41, 5.74) is 3.84. The van der Waals surface area contributed by atoms with Gasteiger partial charge < -0.3 is 44.2 Å². The highest BCUT2D eigenvalue weighted by Gasteiger charge is 2.51. The average molecular weight is 541 g/mol. The number of H-pyrrole nitrogens is 1. The first-order chi connectivity index (χ1) is 18.8. The van der Waals surface area contributed by atoms with Crippen LogP contribution in [0.4, 0.5) is 0 Å². The molecule has 1 aromatic heterocycles. The van der Waals surface area contributed by atoms with Crippen molar-refractivity contribution >= 4 is 22.8 Å². The number of nitrogens with zero attached hydrogens (tertiary/aromatic N) is 1. The van der Waals surface area contributed by atoms with Crippen LogP contribution in [0.1, 0.15) is 30.6 Å². The molecule has 6 rings (SSSR count). The predicted molar refractivity (Wildman–Crippen MR) is 136 cm³/mol. The quantitative estimate of drug-likeness (QED) is 0.322. The topological polar surface area (TPSA) is 151 Å². The maximum Gasteiger partial charge on any atom is 0.302 e. The van der Waals surface area contributed by atoms with Crippen LogP contribution in [0, 0.1) is 11.8 Å². The van der Waals surface area contributed by atoms with E-state index in [1.807, 2.05) is 23.1 Å². The van der Waals surface area contributed by atoms with Crippen molar-refractivity contribution in [3.05, 3.63) is 60.0 Å². The molecule has 1 amide bonds. The van der Waals surface area contributed by atoms with E-state index in [9.17, 15) is 24.9 Å². The van der Waals surface area contributed by atoms with E-state index in [-0.39, 0.29) is 24.5 Å². The molecule has 0 spiro atoms. The van der Waals surface area contributed by atoms with Crippen molar-refractivity contribution in [2.75, 3.05) is 13.2 Å². The number of para-hydroxylation sites is 1. The number of benzene rings is 1. The Morgan fingerprint density at radius 1 is 1.21 bits per heavy atom. The van der Waals surface area contributed by atoms with Crippen molar-refractivity contribution in [2.45, 2.75) is 62.8 Å². The van der Waals surface area contributed by atoms with Gasteiger partial charge in [0.2, 0.25) is 6.29 Å². The highest BCUT2D eigenvalue weighted by molar-refractivity contribution is 5.96. The van der Waals surface area contributed by atoms with Gasteiger partial charge in [-0.1, -0.05) is 24.3 Å². The minimum Gasteiger partial charge on any atom is -0.471 e. The van der Waals surface area contributed by atoms with E-state index in [4.69, 9.17) is 18.9 Å². The van der Waals surface area contributed by atoms with Crippen molar-refractivity contribution in [3.63, 3.8) is 0 Å². The summed E-state index contributed by atoms with van der Waals surface area (Å²) < 4.78 is 22.4. The number of piperidine rings is 1. The Morgan fingerprint density at radius 3 is 2.77 bits per heavy atom. The number of hydrogen-bond donors (Lipinski definition) is 4. The minimum atomic E-state index is -1.60. The van der Waals surface area contributed by atoms with Gasteiger partial charge in [-0.15, -0.1) is 6.58 Å². The van der Waals surface area contributed by atoms with E-state index in [1.165, 1.54) is 24.1 Å². The Labute approximate surface area is 224 Å². The summed E-state index contributed by atoms with van der Waals surface area (Å²) in [5, 5.41) is 32.4. The first-order valence-electron chi connectivity index (χ1n) is 13.2. The predicted octanol–water partition coefficient (Wildman–Crippen LogP) is 1.04. The van der Waals surface area contributed by atoms with Gasteiger partial charge in [0.15, 0.2) is 6.29 Å². The molecular weight excluding hydrogens is 508 g/mol. The molecule has 9 atom stereocenters. The SMILES string of the molecule is C=CC1C(OC2OC(COC(C)=O)C(O)C(O)C2O)OC=C2C(=O)N3CCc4c([nH]c5ccccc45)C3CC21. The van der Waals surface area contributed by atoms with Gasteiger partial charge in [-0.25, -0.2) is 0 Å². The lowest BCUT2D eigenvalue weighted by Gasteiger charge is -2.48. The molecule has 4 aliphatic heterocycles. The second-order valence-electron chi connectivity index (χ2n) is 10.5. The maximum absolute atomic E-state index is 13.6. The molecule has 2 aromatic rings. The number of amides is 1. The molecule has 0 radical (unpaired) electrons. The fourth-order valence-electron chi connectivity index (χ4n) is 6.32. The number of carbonyl (C=O) groups is 2. The lowest BCUT2D eigenvalue weighted by Crippen LogP contribution is -2.60. The summed E-state index contributed by atoms with van der Waals surface area (Å²) in [6, 6.07) is 7.97. The first kappa shape index (κ1) is 26.0. The molecule has 0 saturated carbocycles. The zero-order valence-corrected chi connectivity index (χ0v) is 21.4. The van der Waals surface area contributed by atoms with Crippen LogP contribution in [-0.4, -0.2) is 87.2 Å². The van der Waals surface area contributed by atoms with Gasteiger partial charge in [0.05, 0.1) is 17.9 Å². The average Bonchev–Trinajstić information content (AvgIpc) is 3.32. The molecule has 2 saturated heterocycles. The Balaban J connectivity index is 1.25. The van der Waals surface area contributed by atoms with E-state index in [0.29, 0.717) is 18.5 Å². The highest BCUT2D eigenvalue weighted by Crippen LogP contribution is 2.48. The number of aliphatic hydroxyl groups is 3. The third-order valence-corrected chi connectivity index (χ3v) is 8.31. The number of aromatic amines is 1. The van der Waals surface area contributed by atoms with Gasteiger partial charge in [-0.05, 0) is 24.5 Å². The fraction of sp³-hybridized carbons (Fsp3) is 0.500. The summed E-state index contributed by atoms with van der Waals surface area (Å²) >= 11 is 0. The van der Waals surface area contributed by atoms with Gasteiger partial charge in [-0.2, -0.15) is 0 Å². The van der Waals surface area contributed by atoms with Crippen LogP contribution >= 0.6 is 0 Å². The molecular formula is C28H32N2O9. The van der Waals surface area contributed by atoms with E-state index in [2.05, 4.69) is 17.6 Å². The van der Waals surface area contributed by atoms with Crippen molar-refractivity contribution in [1.29, 1.82) is 0 Å². The van der Waals surface area contributed by atoms with E-state index >= 15 is 0 Å². The van der Waals surface area contributed by atoms with Gasteiger partial charge in [0.1, 0.15) is 31.0 Å². The maximum atomic E-state index is 13.6. The van der Waals surface area contributed by atoms with Gasteiger partial charge in [0, 0.05) is 41.9 Å². The van der Waals surface area contributed by atoms with Crippen LogP contribution in [0.15, 0.2) is 48.8 Å². The summed E-state index contributed by atoms with van der Waals surface area (Å²) in [5.74, 6) is -1.43. The van der Waals surface area contributed by atoms with Crippen LogP contribution in [0.2, 0.25) is 0 Å². The van der Waals surface area contributed by atoms with Crippen molar-refractivity contribution < 1.29 is 43.9 Å². The molecule has 1 aromatic carbocycles. The molecule has 11 nitrogen and oxygen atoms in total. The monoisotopic (exact) mass is 540 g/mol. The molecule has 0 bridgehead atoms. The first-order valence-corrected chi connectivity index (χ1v) is 13.2. The lowest BCUT2D eigenvalue weighted by atomic mass is 9.74. The molecule has 0 aliphatic carbocycles. The van der Waals surface area contributed by atoms with E-state index in [0.717, 1.165) is 17.6 Å². The summed E-state index contributed by atoms with van der Waals surface area (Å²) in [6.07, 6.45) is -3.75. The number of aliphatic hydroxyl groups excluding tert-OH is 3. The second-order valence-corrected chi connectivity index (χ2v) is 10.5. The van der Waals surface area contributed by atoms with Crippen molar-refractivity contribution in [1.82, 2.24) is 9.88 Å². The Morgan fingerprint density at radius 2 is 2.00 bits per heavy atom. The number of ether oxygens (including phenoxy) is 4. The van der Waals surface area contributed by atoms with Crippen LogP contribution in [0.5, 0.6) is 0 Å². The van der Waals surface area contributed by atoms with Crippen LogP contribution in [-0.2, 0) is 35.0 Å². The summed E-state index contributed by atoms with van der Waals surface area (Å²) in [7, 11) is 0. The number of hydrogen-bond acceptors (Lipinski definition) is 9. The number of esters is 1. The van der Waals surface area contributed by atoms with Gasteiger partial charge >= 0.3 is 5.97 Å². The zero-order valence-electron chi connectivity index (χ0n) is 21.4. The summed E-state index contributed by atoms with van der Waals surface area (Å²) in [6.45, 7) is 5.45. The third kappa shape index (κ3) is 4.34. The summed E-state index contributed by atoms with van der Waals surface area (Å²) in [4.78, 5) is 30.3. The number of fused-ring (bicyclic) bond motifs is 6. The Hall–Kier alpha value is -3.22. The standard InChI is InChI=1S/C28H32N2O9/c1-3-14-17-10-20-22-16(15-6-4-5-7-19(15)29-22)8-9-30(20)26(35)18(17)11-37-27(14)39-28-25(34)24(33)23(32)21(38-28)12-36-13(2)31/h3-7,11,14,17,20-21,23-25,27-29,32-34H,1,8-10,12H2,2H3. The van der Waals surface area contributed by atoms with Crippen molar-refractivity contribution in [2.24, 2.45) is 11.8 Å². The van der Waals surface area contributed by atoms with Crippen molar-refractivity contribution in [3.8, 4) is 0 Å². The Bertz CT molecular complexity index is 1320. The molecule has 2 fully saturated rings. The molecule has 4 aliphatic rings. The van der Waals surface area contributed by atoms with E-state index < -0.39 is 48.9 Å². The minimum absolute atomic E-state index is 0.0974. The van der Waals surface area contributed by atoms with Crippen LogP contribution < -0.4 is 0 Å². The number of aromatic nitrogens is 1. The lowest BCUT2D eigenvalue weighted by molar-refractivity contribution is -0.339. The molecule has 39 heavy (non-hydrogen) atoms. The fourth-order valence-corrected chi connectivity index (χ4v) is 6.32. The normalized spacial score (nSPS) is 35.8. The van der Waals surface area contributed by atoms with Crippen LogP contribution in [0.25, 0.3) is 10.9 Å². The number of carbonyl (C=O) groups excluding carboxylic acids is 2. The smallest absolute Gasteiger partial charge is 0.302 e. The van der Waals surface area contributed by atoms with Gasteiger partial charge in [-0.3, -0.25) is 9.59 Å². The largest absolute Gasteiger partial charge is 0.471 e. The molecule has 11 heteroatoms. The van der Waals surface area contributed by atoms with E-state index in [1.54, 1.807) is 6.08 Å².